The number of benzene rings is 2. The van der Waals surface area contributed by atoms with Crippen molar-refractivity contribution in [2.45, 2.75) is 25.3 Å². The van der Waals surface area contributed by atoms with Crippen LogP contribution in [0.15, 0.2) is 54.6 Å². The number of rotatable bonds is 4. The quantitative estimate of drug-likeness (QED) is 0.721. The lowest BCUT2D eigenvalue weighted by atomic mass is 9.82. The first-order chi connectivity index (χ1) is 14.2. The summed E-state index contributed by atoms with van der Waals surface area (Å²) in [6.07, 6.45) is 1.05. The minimum atomic E-state index is 0.112. The monoisotopic (exact) mass is 388 g/mol. The molecule has 2 atom stereocenters. The number of aromatic amines is 1. The van der Waals surface area contributed by atoms with E-state index in [-0.39, 0.29) is 5.91 Å². The Morgan fingerprint density at radius 2 is 1.93 bits per heavy atom. The number of hydrogen-bond acceptors (Lipinski definition) is 3. The van der Waals surface area contributed by atoms with Crippen molar-refractivity contribution in [3.63, 3.8) is 0 Å². The summed E-state index contributed by atoms with van der Waals surface area (Å²) in [6.45, 7) is 5.85. The van der Waals surface area contributed by atoms with E-state index in [0.29, 0.717) is 25.0 Å². The fourth-order valence-electron chi connectivity index (χ4n) is 5.19. The highest BCUT2D eigenvalue weighted by Crippen LogP contribution is 2.44. The molecule has 5 nitrogen and oxygen atoms in total. The first kappa shape index (κ1) is 18.4. The Morgan fingerprint density at radius 3 is 2.76 bits per heavy atom. The van der Waals surface area contributed by atoms with Gasteiger partial charge in [-0.05, 0) is 30.5 Å². The van der Waals surface area contributed by atoms with Gasteiger partial charge in [0.2, 0.25) is 5.91 Å². The maximum absolute atomic E-state index is 12.3. The van der Waals surface area contributed by atoms with Gasteiger partial charge < -0.3 is 10.3 Å². The molecule has 2 aliphatic rings. The second kappa shape index (κ2) is 7.65. The van der Waals surface area contributed by atoms with E-state index in [0.717, 1.165) is 26.2 Å². The van der Waals surface area contributed by atoms with Gasteiger partial charge in [0.15, 0.2) is 0 Å². The maximum Gasteiger partial charge on any atom is 0.234 e. The highest BCUT2D eigenvalue weighted by atomic mass is 16.2. The molecular weight excluding hydrogens is 360 g/mol. The van der Waals surface area contributed by atoms with E-state index in [9.17, 15) is 4.79 Å². The first-order valence-corrected chi connectivity index (χ1v) is 10.6. The summed E-state index contributed by atoms with van der Waals surface area (Å²) >= 11 is 0. The number of fused-ring (bicyclic) bond motifs is 5. The van der Waals surface area contributed by atoms with Crippen molar-refractivity contribution in [2.24, 2.45) is 0 Å². The molecule has 1 amide bonds. The van der Waals surface area contributed by atoms with Gasteiger partial charge in [0.25, 0.3) is 0 Å². The highest BCUT2D eigenvalue weighted by Gasteiger charge is 2.41. The number of para-hydroxylation sites is 1. The molecule has 0 radical (unpaired) electrons. The van der Waals surface area contributed by atoms with E-state index < -0.39 is 0 Å². The van der Waals surface area contributed by atoms with Gasteiger partial charge in [-0.15, -0.1) is 0 Å². The van der Waals surface area contributed by atoms with E-state index in [4.69, 9.17) is 0 Å². The SMILES string of the molecule is CCNC(=O)CN1C[C@@H](c2ccccc2)[C@H]2c3[nH]c4ccccc4c3CCN2C1. The van der Waals surface area contributed by atoms with Crippen molar-refractivity contribution in [3.05, 3.63) is 71.4 Å². The number of carbonyl (C=O) groups excluding carboxylic acids is 1. The van der Waals surface area contributed by atoms with Crippen LogP contribution in [0.25, 0.3) is 10.9 Å². The molecule has 5 rings (SSSR count). The summed E-state index contributed by atoms with van der Waals surface area (Å²) in [5, 5.41) is 4.31. The van der Waals surface area contributed by atoms with Crippen LogP contribution in [0.1, 0.15) is 35.7 Å². The third kappa shape index (κ3) is 3.34. The Morgan fingerprint density at radius 1 is 1.14 bits per heavy atom. The molecule has 0 saturated carbocycles. The number of nitrogens with zero attached hydrogens (tertiary/aromatic N) is 2. The van der Waals surface area contributed by atoms with Crippen LogP contribution in [0.2, 0.25) is 0 Å². The lowest BCUT2D eigenvalue weighted by Crippen LogP contribution is -2.54. The normalized spacial score (nSPS) is 22.2. The molecule has 1 fully saturated rings. The zero-order valence-electron chi connectivity index (χ0n) is 16.9. The van der Waals surface area contributed by atoms with E-state index in [1.807, 2.05) is 6.92 Å². The molecule has 3 heterocycles. The molecule has 3 aromatic rings. The maximum atomic E-state index is 12.3. The molecule has 2 aromatic carbocycles. The Kier molecular flexibility index (Phi) is 4.86. The molecule has 150 valence electrons. The Balaban J connectivity index is 1.53. The topological polar surface area (TPSA) is 51.4 Å². The zero-order chi connectivity index (χ0) is 19.8. The molecule has 2 aliphatic heterocycles. The number of amides is 1. The number of hydrogen-bond donors (Lipinski definition) is 2. The second-order valence-corrected chi connectivity index (χ2v) is 8.19. The summed E-state index contributed by atoms with van der Waals surface area (Å²) in [5.41, 5.74) is 5.41. The number of likely N-dealkylation sites (N-methyl/N-ethyl adjacent to an activating group) is 1. The molecule has 1 aromatic heterocycles. The Labute approximate surface area is 171 Å². The molecule has 2 N–H and O–H groups in total. The average Bonchev–Trinajstić information content (AvgIpc) is 3.12. The molecule has 29 heavy (non-hydrogen) atoms. The zero-order valence-corrected chi connectivity index (χ0v) is 16.9. The summed E-state index contributed by atoms with van der Waals surface area (Å²) in [5.74, 6) is 0.438. The van der Waals surface area contributed by atoms with Gasteiger partial charge in [0.1, 0.15) is 0 Å². The van der Waals surface area contributed by atoms with E-state index in [1.165, 1.54) is 27.7 Å². The average molecular weight is 389 g/mol. The predicted molar refractivity (Wildman–Crippen MR) is 116 cm³/mol. The standard InChI is InChI=1S/C24H28N4O/c1-2-25-22(29)15-27-14-20(17-8-4-3-5-9-17)24-23-19(12-13-28(24)16-27)18-10-6-7-11-21(18)26-23/h3-11,20,24,26H,2,12-16H2,1H3,(H,25,29)/t20-,24-/m0/s1. The largest absolute Gasteiger partial charge is 0.357 e. The molecule has 5 heteroatoms. The van der Waals surface area contributed by atoms with E-state index >= 15 is 0 Å². The lowest BCUT2D eigenvalue weighted by molar-refractivity contribution is -0.123. The van der Waals surface area contributed by atoms with Crippen LogP contribution in [-0.4, -0.2) is 53.5 Å². The van der Waals surface area contributed by atoms with Crippen molar-refractivity contribution in [1.29, 1.82) is 0 Å². The van der Waals surface area contributed by atoms with E-state index in [2.05, 4.69) is 74.7 Å². The number of aromatic nitrogens is 1. The van der Waals surface area contributed by atoms with Crippen LogP contribution in [0, 0.1) is 0 Å². The van der Waals surface area contributed by atoms with Crippen LogP contribution < -0.4 is 5.32 Å². The fourth-order valence-corrected chi connectivity index (χ4v) is 5.19. The molecule has 0 unspecified atom stereocenters. The van der Waals surface area contributed by atoms with Gasteiger partial charge >= 0.3 is 0 Å². The highest BCUT2D eigenvalue weighted by molar-refractivity contribution is 5.85. The molecule has 0 bridgehead atoms. The van der Waals surface area contributed by atoms with Crippen LogP contribution in [0.4, 0.5) is 0 Å². The van der Waals surface area contributed by atoms with E-state index in [1.54, 1.807) is 0 Å². The van der Waals surface area contributed by atoms with Gasteiger partial charge in [0, 0.05) is 42.1 Å². The molecule has 0 aliphatic carbocycles. The summed E-state index contributed by atoms with van der Waals surface area (Å²) in [6, 6.07) is 19.8. The number of H-pyrrole nitrogens is 1. The van der Waals surface area contributed by atoms with Crippen LogP contribution in [0.3, 0.4) is 0 Å². The molecular formula is C24H28N4O. The van der Waals surface area contributed by atoms with Crippen molar-refractivity contribution < 1.29 is 4.79 Å². The van der Waals surface area contributed by atoms with Gasteiger partial charge in [0.05, 0.1) is 19.3 Å². The third-order valence-corrected chi connectivity index (χ3v) is 6.37. The van der Waals surface area contributed by atoms with Crippen LogP contribution in [0.5, 0.6) is 0 Å². The van der Waals surface area contributed by atoms with Gasteiger partial charge in [-0.25, -0.2) is 0 Å². The smallest absolute Gasteiger partial charge is 0.234 e. The Bertz CT molecular complexity index is 1010. The number of nitrogens with one attached hydrogen (secondary N) is 2. The van der Waals surface area contributed by atoms with Crippen molar-refractivity contribution >= 4 is 16.8 Å². The van der Waals surface area contributed by atoms with Crippen molar-refractivity contribution in [2.75, 3.05) is 32.8 Å². The fraction of sp³-hybridized carbons (Fsp3) is 0.375. The summed E-state index contributed by atoms with van der Waals surface area (Å²) < 4.78 is 0. The van der Waals surface area contributed by atoms with Crippen LogP contribution >= 0.6 is 0 Å². The van der Waals surface area contributed by atoms with Crippen LogP contribution in [-0.2, 0) is 11.2 Å². The van der Waals surface area contributed by atoms with Gasteiger partial charge in [-0.2, -0.15) is 0 Å². The minimum absolute atomic E-state index is 0.112. The van der Waals surface area contributed by atoms with Crippen molar-refractivity contribution in [3.8, 4) is 0 Å². The van der Waals surface area contributed by atoms with Crippen molar-refractivity contribution in [1.82, 2.24) is 20.1 Å². The lowest BCUT2D eigenvalue weighted by Gasteiger charge is -2.48. The number of carbonyl (C=O) groups is 1. The Hall–Kier alpha value is -2.63. The summed E-state index contributed by atoms with van der Waals surface area (Å²) in [7, 11) is 0. The molecule has 0 spiro atoms. The third-order valence-electron chi connectivity index (χ3n) is 6.37. The predicted octanol–water partition coefficient (Wildman–Crippen LogP) is 3.26. The second-order valence-electron chi connectivity index (χ2n) is 8.19. The molecule has 1 saturated heterocycles. The van der Waals surface area contributed by atoms with Gasteiger partial charge in [-0.1, -0.05) is 48.5 Å². The first-order valence-electron chi connectivity index (χ1n) is 10.6. The minimum Gasteiger partial charge on any atom is -0.357 e. The van der Waals surface area contributed by atoms with Gasteiger partial charge in [-0.3, -0.25) is 14.6 Å². The summed E-state index contributed by atoms with van der Waals surface area (Å²) in [4.78, 5) is 20.9.